The lowest BCUT2D eigenvalue weighted by Gasteiger charge is -2.12. The normalized spacial score (nSPS) is 11.8. The average Bonchev–Trinajstić information content (AvgIpc) is 2.38. The molecule has 20 heavy (non-hydrogen) atoms. The average molecular weight is 303 g/mol. The van der Waals surface area contributed by atoms with Crippen LogP contribution in [0.1, 0.15) is 19.8 Å². The summed E-state index contributed by atoms with van der Waals surface area (Å²) in [6.07, 6.45) is 0.508. The van der Waals surface area contributed by atoms with E-state index in [-0.39, 0.29) is 18.0 Å². The van der Waals surface area contributed by atoms with Crippen LogP contribution >= 0.6 is 11.6 Å². The van der Waals surface area contributed by atoms with Gasteiger partial charge in [-0.2, -0.15) is 0 Å². The quantitative estimate of drug-likeness (QED) is 0.755. The van der Waals surface area contributed by atoms with E-state index < -0.39 is 17.8 Å². The van der Waals surface area contributed by atoms with Crippen molar-refractivity contribution in [3.63, 3.8) is 0 Å². The van der Waals surface area contributed by atoms with Crippen LogP contribution in [0.5, 0.6) is 0 Å². The summed E-state index contributed by atoms with van der Waals surface area (Å²) < 4.78 is 13.4. The summed E-state index contributed by atoms with van der Waals surface area (Å²) in [4.78, 5) is 22.0. The van der Waals surface area contributed by atoms with E-state index in [1.807, 2.05) is 6.92 Å². The molecule has 0 aliphatic rings. The highest BCUT2D eigenvalue weighted by atomic mass is 35.5. The Hall–Kier alpha value is -1.82. The van der Waals surface area contributed by atoms with Gasteiger partial charge in [0, 0.05) is 18.0 Å². The summed E-state index contributed by atoms with van der Waals surface area (Å²) in [5.41, 5.74) is -0.00631. The van der Waals surface area contributed by atoms with Crippen LogP contribution < -0.4 is 10.6 Å². The van der Waals surface area contributed by atoms with E-state index in [0.717, 1.165) is 6.07 Å². The third kappa shape index (κ3) is 5.88. The third-order valence-corrected chi connectivity index (χ3v) is 2.87. The SMILES string of the molecule is CC(CCC(=O)O)CNC(=O)Nc1cc(Cl)ccc1F. The molecule has 1 rings (SSSR count). The number of amides is 2. The van der Waals surface area contributed by atoms with Crippen LogP contribution in [0.15, 0.2) is 18.2 Å². The fraction of sp³-hybridized carbons (Fsp3) is 0.385. The predicted molar refractivity (Wildman–Crippen MR) is 74.5 cm³/mol. The Kier molecular flexibility index (Phi) is 6.24. The molecule has 7 heteroatoms. The minimum atomic E-state index is -0.873. The van der Waals surface area contributed by atoms with E-state index in [2.05, 4.69) is 10.6 Å². The number of carbonyl (C=O) groups is 2. The summed E-state index contributed by atoms with van der Waals surface area (Å²) in [6.45, 7) is 2.13. The van der Waals surface area contributed by atoms with Crippen molar-refractivity contribution in [1.29, 1.82) is 0 Å². The predicted octanol–water partition coefficient (Wildman–Crippen LogP) is 3.10. The van der Waals surface area contributed by atoms with Crippen LogP contribution in [0.25, 0.3) is 0 Å². The van der Waals surface area contributed by atoms with Crippen molar-refractivity contribution in [3.05, 3.63) is 29.0 Å². The zero-order valence-corrected chi connectivity index (χ0v) is 11.7. The number of rotatable bonds is 6. The molecule has 0 saturated heterocycles. The molecule has 1 aromatic rings. The second-order valence-electron chi connectivity index (χ2n) is 4.50. The molecule has 1 aromatic carbocycles. The molecule has 0 bridgehead atoms. The summed E-state index contributed by atoms with van der Waals surface area (Å²) in [7, 11) is 0. The van der Waals surface area contributed by atoms with Crippen molar-refractivity contribution >= 4 is 29.3 Å². The molecule has 0 saturated carbocycles. The minimum absolute atomic E-state index is 0.00631. The highest BCUT2D eigenvalue weighted by molar-refractivity contribution is 6.30. The van der Waals surface area contributed by atoms with Crippen LogP contribution in [0.2, 0.25) is 5.02 Å². The molecule has 1 unspecified atom stereocenters. The van der Waals surface area contributed by atoms with Gasteiger partial charge in [0.05, 0.1) is 5.69 Å². The van der Waals surface area contributed by atoms with Crippen LogP contribution in [0.3, 0.4) is 0 Å². The van der Waals surface area contributed by atoms with E-state index in [9.17, 15) is 14.0 Å². The fourth-order valence-corrected chi connectivity index (χ4v) is 1.67. The molecule has 0 heterocycles. The maximum Gasteiger partial charge on any atom is 0.319 e. The van der Waals surface area contributed by atoms with Gasteiger partial charge < -0.3 is 15.7 Å². The van der Waals surface area contributed by atoms with E-state index in [4.69, 9.17) is 16.7 Å². The standard InChI is InChI=1S/C13H16ClFN2O3/c1-8(2-5-12(18)19)7-16-13(20)17-11-6-9(14)3-4-10(11)15/h3-4,6,8H,2,5,7H2,1H3,(H,18,19)(H2,16,17,20). The van der Waals surface area contributed by atoms with E-state index >= 15 is 0 Å². The molecule has 0 radical (unpaired) electrons. The number of benzene rings is 1. The van der Waals surface area contributed by atoms with Crippen LogP contribution in [-0.4, -0.2) is 23.7 Å². The zero-order valence-electron chi connectivity index (χ0n) is 11.0. The van der Waals surface area contributed by atoms with Gasteiger partial charge in [-0.05, 0) is 30.5 Å². The number of carbonyl (C=O) groups excluding carboxylic acids is 1. The number of halogens is 2. The third-order valence-electron chi connectivity index (χ3n) is 2.64. The Bertz CT molecular complexity index is 497. The highest BCUT2D eigenvalue weighted by Crippen LogP contribution is 2.19. The van der Waals surface area contributed by atoms with Gasteiger partial charge in [0.2, 0.25) is 0 Å². The number of nitrogens with one attached hydrogen (secondary N) is 2. The van der Waals surface area contributed by atoms with E-state index in [1.54, 1.807) is 0 Å². The molecule has 2 amide bonds. The van der Waals surface area contributed by atoms with Gasteiger partial charge in [-0.15, -0.1) is 0 Å². The molecule has 0 spiro atoms. The van der Waals surface area contributed by atoms with Gasteiger partial charge in [0.1, 0.15) is 5.82 Å². The van der Waals surface area contributed by atoms with Gasteiger partial charge in [-0.3, -0.25) is 4.79 Å². The van der Waals surface area contributed by atoms with Crippen molar-refractivity contribution in [2.45, 2.75) is 19.8 Å². The van der Waals surface area contributed by atoms with Gasteiger partial charge >= 0.3 is 12.0 Å². The maximum atomic E-state index is 13.4. The Morgan fingerprint density at radius 1 is 1.45 bits per heavy atom. The van der Waals surface area contributed by atoms with Gasteiger partial charge in [0.25, 0.3) is 0 Å². The summed E-state index contributed by atoms with van der Waals surface area (Å²) >= 11 is 5.70. The summed E-state index contributed by atoms with van der Waals surface area (Å²) in [5.74, 6) is -1.44. The first-order chi connectivity index (χ1) is 9.38. The Balaban J connectivity index is 2.40. The second kappa shape index (κ2) is 7.69. The topological polar surface area (TPSA) is 78.4 Å². The number of aliphatic carboxylic acids is 1. The van der Waals surface area contributed by atoms with E-state index in [1.165, 1.54) is 12.1 Å². The molecule has 3 N–H and O–H groups in total. The summed E-state index contributed by atoms with van der Waals surface area (Å²) in [5, 5.41) is 13.7. The minimum Gasteiger partial charge on any atom is -0.481 e. The maximum absolute atomic E-state index is 13.4. The second-order valence-corrected chi connectivity index (χ2v) is 4.93. The number of urea groups is 1. The monoisotopic (exact) mass is 302 g/mol. The van der Waals surface area contributed by atoms with E-state index in [0.29, 0.717) is 18.0 Å². The molecule has 0 aliphatic carbocycles. The van der Waals surface area contributed by atoms with Crippen molar-refractivity contribution in [1.82, 2.24) is 5.32 Å². The number of hydrogen-bond acceptors (Lipinski definition) is 2. The smallest absolute Gasteiger partial charge is 0.319 e. The number of hydrogen-bond donors (Lipinski definition) is 3. The molecule has 1 atom stereocenters. The van der Waals surface area contributed by atoms with Crippen molar-refractivity contribution in [2.75, 3.05) is 11.9 Å². The van der Waals surface area contributed by atoms with Crippen LogP contribution in [0.4, 0.5) is 14.9 Å². The lowest BCUT2D eigenvalue weighted by molar-refractivity contribution is -0.137. The lowest BCUT2D eigenvalue weighted by atomic mass is 10.1. The number of carboxylic acid groups (broad SMARTS) is 1. The first-order valence-electron chi connectivity index (χ1n) is 6.10. The Morgan fingerprint density at radius 2 is 2.15 bits per heavy atom. The number of anilines is 1. The lowest BCUT2D eigenvalue weighted by Crippen LogP contribution is -2.32. The molecular weight excluding hydrogens is 287 g/mol. The zero-order chi connectivity index (χ0) is 15.1. The number of carboxylic acids is 1. The fourth-order valence-electron chi connectivity index (χ4n) is 1.50. The molecule has 0 aliphatic heterocycles. The van der Waals surface area contributed by atoms with Crippen molar-refractivity contribution in [3.8, 4) is 0 Å². The van der Waals surface area contributed by atoms with Gasteiger partial charge in [-0.25, -0.2) is 9.18 Å². The van der Waals surface area contributed by atoms with Crippen molar-refractivity contribution < 1.29 is 19.1 Å². The molecule has 0 aromatic heterocycles. The first-order valence-corrected chi connectivity index (χ1v) is 6.48. The summed E-state index contributed by atoms with van der Waals surface area (Å²) in [6, 6.07) is 3.29. The van der Waals surface area contributed by atoms with Crippen LogP contribution in [0, 0.1) is 11.7 Å². The van der Waals surface area contributed by atoms with Gasteiger partial charge in [-0.1, -0.05) is 18.5 Å². The molecular formula is C13H16ClFN2O3. The largest absolute Gasteiger partial charge is 0.481 e. The van der Waals surface area contributed by atoms with Crippen LogP contribution in [-0.2, 0) is 4.79 Å². The molecule has 0 fully saturated rings. The molecule has 5 nitrogen and oxygen atoms in total. The van der Waals surface area contributed by atoms with Crippen molar-refractivity contribution in [2.24, 2.45) is 5.92 Å². The Labute approximate surface area is 121 Å². The van der Waals surface area contributed by atoms with Gasteiger partial charge in [0.15, 0.2) is 0 Å². The Morgan fingerprint density at radius 3 is 2.80 bits per heavy atom. The molecule has 110 valence electrons. The first kappa shape index (κ1) is 16.2. The highest BCUT2D eigenvalue weighted by Gasteiger charge is 2.10.